The molecule has 0 aliphatic heterocycles. The molecule has 0 unspecified atom stereocenters. The average molecular weight is 191 g/mol. The van der Waals surface area contributed by atoms with Gasteiger partial charge in [0.1, 0.15) is 5.02 Å². The van der Waals surface area contributed by atoms with Gasteiger partial charge in [0.05, 0.1) is 6.20 Å². The van der Waals surface area contributed by atoms with Crippen LogP contribution in [0.15, 0.2) is 6.20 Å². The number of carboxylic acid groups (broad SMARTS) is 1. The summed E-state index contributed by atoms with van der Waals surface area (Å²) in [4.78, 5) is 10.1. The summed E-state index contributed by atoms with van der Waals surface area (Å²) in [6.07, 6.45) is 1.39. The highest BCUT2D eigenvalue weighted by Crippen LogP contribution is 2.21. The molecule has 66 valence electrons. The molecule has 0 saturated carbocycles. The Kier molecular flexibility index (Phi) is 2.54. The van der Waals surface area contributed by atoms with E-state index in [1.165, 1.54) is 10.9 Å². The second-order valence-electron chi connectivity index (χ2n) is 2.10. The minimum absolute atomic E-state index is 0.263. The van der Waals surface area contributed by atoms with Crippen molar-refractivity contribution in [2.75, 3.05) is 6.61 Å². The molecule has 0 spiro atoms. The monoisotopic (exact) mass is 190 g/mol. The summed E-state index contributed by atoms with van der Waals surface area (Å²) < 4.78 is 6.20. The summed E-state index contributed by atoms with van der Waals surface area (Å²) in [6, 6.07) is 0. The SMILES string of the molecule is Cn1ncc(Cl)c1OCC(=O)O. The predicted molar refractivity (Wildman–Crippen MR) is 41.3 cm³/mol. The number of aryl methyl sites for hydroxylation is 1. The Morgan fingerprint density at radius 2 is 2.58 bits per heavy atom. The Bertz CT molecular complexity index is 277. The number of aromatic nitrogens is 2. The van der Waals surface area contributed by atoms with Crippen LogP contribution in [0.5, 0.6) is 5.88 Å². The Balaban J connectivity index is 2.68. The van der Waals surface area contributed by atoms with Gasteiger partial charge in [0.15, 0.2) is 6.61 Å². The van der Waals surface area contributed by atoms with Crippen molar-refractivity contribution in [1.29, 1.82) is 0 Å². The van der Waals surface area contributed by atoms with E-state index < -0.39 is 12.6 Å². The van der Waals surface area contributed by atoms with Crippen LogP contribution in [0.4, 0.5) is 0 Å². The fraction of sp³-hybridized carbons (Fsp3) is 0.333. The third-order valence-electron chi connectivity index (χ3n) is 1.17. The molecular formula is C6H7ClN2O3. The first-order chi connectivity index (χ1) is 5.61. The van der Waals surface area contributed by atoms with Gasteiger partial charge in [-0.2, -0.15) is 5.10 Å². The number of hydrogen-bond donors (Lipinski definition) is 1. The first-order valence-corrected chi connectivity index (χ1v) is 3.51. The van der Waals surface area contributed by atoms with Crippen LogP contribution in [-0.2, 0) is 11.8 Å². The lowest BCUT2D eigenvalue weighted by Gasteiger charge is -2.02. The number of nitrogens with zero attached hydrogens (tertiary/aromatic N) is 2. The number of carboxylic acids is 1. The van der Waals surface area contributed by atoms with Crippen LogP contribution in [0.3, 0.4) is 0 Å². The second kappa shape index (κ2) is 3.44. The zero-order valence-corrected chi connectivity index (χ0v) is 7.08. The van der Waals surface area contributed by atoms with Crippen molar-refractivity contribution >= 4 is 17.6 Å². The molecule has 12 heavy (non-hydrogen) atoms. The van der Waals surface area contributed by atoms with Gasteiger partial charge in [0, 0.05) is 7.05 Å². The molecule has 0 amide bonds. The molecule has 0 aliphatic carbocycles. The fourth-order valence-electron chi connectivity index (χ4n) is 0.692. The lowest BCUT2D eigenvalue weighted by molar-refractivity contribution is -0.139. The quantitative estimate of drug-likeness (QED) is 0.756. The van der Waals surface area contributed by atoms with Gasteiger partial charge in [-0.15, -0.1) is 0 Å². The minimum atomic E-state index is -1.05. The van der Waals surface area contributed by atoms with Crippen LogP contribution >= 0.6 is 11.6 Å². The zero-order valence-electron chi connectivity index (χ0n) is 6.32. The van der Waals surface area contributed by atoms with Gasteiger partial charge in [0.2, 0.25) is 5.88 Å². The van der Waals surface area contributed by atoms with Crippen LogP contribution in [0, 0.1) is 0 Å². The van der Waals surface area contributed by atoms with Crippen LogP contribution in [-0.4, -0.2) is 27.5 Å². The van der Waals surface area contributed by atoms with E-state index in [1.807, 2.05) is 0 Å². The van der Waals surface area contributed by atoms with Crippen molar-refractivity contribution in [3.05, 3.63) is 11.2 Å². The van der Waals surface area contributed by atoms with Gasteiger partial charge in [-0.1, -0.05) is 11.6 Å². The summed E-state index contributed by atoms with van der Waals surface area (Å²) in [7, 11) is 1.61. The van der Waals surface area contributed by atoms with Gasteiger partial charge in [-0.05, 0) is 0 Å². The third-order valence-corrected chi connectivity index (χ3v) is 1.43. The first kappa shape index (κ1) is 8.86. The minimum Gasteiger partial charge on any atom is -0.479 e. The topological polar surface area (TPSA) is 64.4 Å². The molecule has 1 heterocycles. The molecule has 0 radical (unpaired) electrons. The average Bonchev–Trinajstić information content (AvgIpc) is 2.28. The van der Waals surface area contributed by atoms with Crippen LogP contribution in [0.25, 0.3) is 0 Å². The molecule has 0 saturated heterocycles. The summed E-state index contributed by atoms with van der Waals surface area (Å²) in [5, 5.41) is 12.4. The van der Waals surface area contributed by atoms with Gasteiger partial charge < -0.3 is 9.84 Å². The zero-order chi connectivity index (χ0) is 9.14. The number of hydrogen-bond acceptors (Lipinski definition) is 3. The number of aliphatic carboxylic acids is 1. The maximum atomic E-state index is 10.1. The van der Waals surface area contributed by atoms with E-state index in [0.29, 0.717) is 5.02 Å². The summed E-state index contributed by atoms with van der Waals surface area (Å²) in [6.45, 7) is -0.417. The Labute approximate surface area is 73.5 Å². The number of halogens is 1. The first-order valence-electron chi connectivity index (χ1n) is 3.13. The molecule has 6 heteroatoms. The Morgan fingerprint density at radius 3 is 3.00 bits per heavy atom. The molecule has 1 aromatic heterocycles. The van der Waals surface area contributed by atoms with Crippen LogP contribution in [0.2, 0.25) is 5.02 Å². The van der Waals surface area contributed by atoms with Crippen molar-refractivity contribution in [1.82, 2.24) is 9.78 Å². The standard InChI is InChI=1S/C6H7ClN2O3/c1-9-6(4(7)2-8-9)12-3-5(10)11/h2H,3H2,1H3,(H,10,11). The molecule has 1 N–H and O–H groups in total. The lowest BCUT2D eigenvalue weighted by atomic mass is 10.6. The van der Waals surface area contributed by atoms with Crippen molar-refractivity contribution in [3.8, 4) is 5.88 Å². The predicted octanol–water partition coefficient (Wildman–Crippen LogP) is 0.537. The van der Waals surface area contributed by atoms with E-state index in [9.17, 15) is 4.79 Å². The highest BCUT2D eigenvalue weighted by atomic mass is 35.5. The third kappa shape index (κ3) is 1.88. The molecule has 0 aromatic carbocycles. The van der Waals surface area contributed by atoms with Crippen molar-refractivity contribution in [2.45, 2.75) is 0 Å². The van der Waals surface area contributed by atoms with Crippen molar-refractivity contribution in [2.24, 2.45) is 7.05 Å². The lowest BCUT2D eigenvalue weighted by Crippen LogP contribution is -2.11. The molecule has 1 rings (SSSR count). The van der Waals surface area contributed by atoms with Gasteiger partial charge >= 0.3 is 5.97 Å². The van der Waals surface area contributed by atoms with E-state index in [4.69, 9.17) is 21.4 Å². The fourth-order valence-corrected chi connectivity index (χ4v) is 0.912. The highest BCUT2D eigenvalue weighted by molar-refractivity contribution is 6.31. The maximum absolute atomic E-state index is 10.1. The Hall–Kier alpha value is -1.23. The Morgan fingerprint density at radius 1 is 1.92 bits per heavy atom. The van der Waals surface area contributed by atoms with E-state index >= 15 is 0 Å². The normalized spacial score (nSPS) is 9.83. The van der Waals surface area contributed by atoms with Gasteiger partial charge in [-0.25, -0.2) is 9.48 Å². The number of ether oxygens (including phenoxy) is 1. The maximum Gasteiger partial charge on any atom is 0.341 e. The number of rotatable bonds is 3. The molecule has 5 nitrogen and oxygen atoms in total. The molecule has 1 aromatic rings. The van der Waals surface area contributed by atoms with Gasteiger partial charge in [-0.3, -0.25) is 0 Å². The molecule has 0 aliphatic rings. The molecule has 0 atom stereocenters. The molecule has 0 fully saturated rings. The van der Waals surface area contributed by atoms with E-state index in [-0.39, 0.29) is 5.88 Å². The van der Waals surface area contributed by atoms with Gasteiger partial charge in [0.25, 0.3) is 0 Å². The summed E-state index contributed by atoms with van der Waals surface area (Å²) >= 11 is 5.63. The van der Waals surface area contributed by atoms with E-state index in [0.717, 1.165) is 0 Å². The second-order valence-corrected chi connectivity index (χ2v) is 2.51. The smallest absolute Gasteiger partial charge is 0.341 e. The van der Waals surface area contributed by atoms with E-state index in [1.54, 1.807) is 7.05 Å². The number of carbonyl (C=O) groups is 1. The summed E-state index contributed by atoms with van der Waals surface area (Å²) in [5.41, 5.74) is 0. The van der Waals surface area contributed by atoms with Crippen molar-refractivity contribution in [3.63, 3.8) is 0 Å². The summed E-state index contributed by atoms with van der Waals surface area (Å²) in [5.74, 6) is -0.786. The highest BCUT2D eigenvalue weighted by Gasteiger charge is 2.08. The van der Waals surface area contributed by atoms with E-state index in [2.05, 4.69) is 5.10 Å². The van der Waals surface area contributed by atoms with Crippen LogP contribution < -0.4 is 4.74 Å². The molecule has 0 bridgehead atoms. The van der Waals surface area contributed by atoms with Crippen molar-refractivity contribution < 1.29 is 14.6 Å². The largest absolute Gasteiger partial charge is 0.479 e. The van der Waals surface area contributed by atoms with Crippen LogP contribution in [0.1, 0.15) is 0 Å². The molecular weight excluding hydrogens is 184 g/mol.